The molecule has 2 rings (SSSR count). The van der Waals surface area contributed by atoms with Crippen LogP contribution in [0.4, 0.5) is 13.2 Å². The average molecular weight is 357 g/mol. The van der Waals surface area contributed by atoms with Crippen LogP contribution < -0.4 is 10.6 Å². The largest absolute Gasteiger partial charge is 0.416 e. The Balaban J connectivity index is 1.98. The second-order valence-electron chi connectivity index (χ2n) is 6.99. The molecule has 1 aromatic rings. The zero-order chi connectivity index (χ0) is 18.6. The minimum atomic E-state index is -4.33. The lowest BCUT2D eigenvalue weighted by atomic mass is 10.1. The van der Waals surface area contributed by atoms with Crippen molar-refractivity contribution < 1.29 is 18.0 Å². The van der Waals surface area contributed by atoms with E-state index in [1.54, 1.807) is 13.1 Å². The van der Waals surface area contributed by atoms with Gasteiger partial charge in [-0.3, -0.25) is 9.69 Å². The fourth-order valence-electron chi connectivity index (χ4n) is 3.28. The topological polar surface area (TPSA) is 44.4 Å². The molecular formula is C18H26F3N3O. The normalized spacial score (nSPS) is 21.7. The molecule has 2 atom stereocenters. The summed E-state index contributed by atoms with van der Waals surface area (Å²) >= 11 is 0. The van der Waals surface area contributed by atoms with Crippen LogP contribution >= 0.6 is 0 Å². The molecule has 140 valence electrons. The first-order valence-electron chi connectivity index (χ1n) is 8.56. The maximum absolute atomic E-state index is 12.8. The summed E-state index contributed by atoms with van der Waals surface area (Å²) in [4.78, 5) is 14.2. The Morgan fingerprint density at radius 1 is 1.36 bits per heavy atom. The molecule has 1 aliphatic heterocycles. The maximum Gasteiger partial charge on any atom is 0.416 e. The molecule has 0 saturated carbocycles. The van der Waals surface area contributed by atoms with Crippen molar-refractivity contribution in [2.75, 3.05) is 20.1 Å². The molecule has 0 radical (unpaired) electrons. The van der Waals surface area contributed by atoms with Gasteiger partial charge in [0.15, 0.2) is 0 Å². The van der Waals surface area contributed by atoms with Gasteiger partial charge in [-0.15, -0.1) is 0 Å². The first kappa shape index (κ1) is 19.7. The number of nitrogens with zero attached hydrogens (tertiary/aromatic N) is 1. The third-order valence-corrected chi connectivity index (χ3v) is 4.40. The van der Waals surface area contributed by atoms with Crippen LogP contribution in [0.3, 0.4) is 0 Å². The first-order valence-corrected chi connectivity index (χ1v) is 8.56. The van der Waals surface area contributed by atoms with E-state index >= 15 is 0 Å². The maximum atomic E-state index is 12.8. The Bertz CT molecular complexity index is 589. The number of amides is 1. The van der Waals surface area contributed by atoms with Crippen molar-refractivity contribution in [3.63, 3.8) is 0 Å². The molecule has 1 aliphatic rings. The number of likely N-dealkylation sites (tertiary alicyclic amines) is 1. The SMILES string of the molecule is CNC(=O)[C@@H]1C[C@@H](NCc2cccc(C(F)(F)F)c2)CN1CC(C)C. The van der Waals surface area contributed by atoms with Gasteiger partial charge < -0.3 is 10.6 Å². The summed E-state index contributed by atoms with van der Waals surface area (Å²) in [5.74, 6) is 0.429. The molecule has 4 nitrogen and oxygen atoms in total. The second kappa shape index (κ2) is 8.19. The van der Waals surface area contributed by atoms with Gasteiger partial charge in [0.05, 0.1) is 11.6 Å². The Hall–Kier alpha value is -1.60. The van der Waals surface area contributed by atoms with Crippen LogP contribution in [-0.2, 0) is 17.5 Å². The van der Waals surface area contributed by atoms with Gasteiger partial charge in [0.2, 0.25) is 5.91 Å². The van der Waals surface area contributed by atoms with Crippen molar-refractivity contribution in [1.29, 1.82) is 0 Å². The van der Waals surface area contributed by atoms with E-state index in [0.29, 0.717) is 24.4 Å². The van der Waals surface area contributed by atoms with Gasteiger partial charge in [-0.05, 0) is 24.0 Å². The fraction of sp³-hybridized carbons (Fsp3) is 0.611. The van der Waals surface area contributed by atoms with Crippen molar-refractivity contribution in [2.45, 2.75) is 45.1 Å². The molecule has 25 heavy (non-hydrogen) atoms. The molecule has 1 heterocycles. The first-order chi connectivity index (χ1) is 11.7. The highest BCUT2D eigenvalue weighted by atomic mass is 19.4. The lowest BCUT2D eigenvalue weighted by Crippen LogP contribution is -2.43. The zero-order valence-corrected chi connectivity index (χ0v) is 14.9. The van der Waals surface area contributed by atoms with Gasteiger partial charge >= 0.3 is 6.18 Å². The van der Waals surface area contributed by atoms with Crippen molar-refractivity contribution in [3.8, 4) is 0 Å². The molecule has 1 fully saturated rings. The summed E-state index contributed by atoms with van der Waals surface area (Å²) in [6.07, 6.45) is -3.67. The summed E-state index contributed by atoms with van der Waals surface area (Å²) in [6.45, 7) is 6.09. The Morgan fingerprint density at radius 2 is 2.08 bits per heavy atom. The minimum absolute atomic E-state index is 0.0102. The second-order valence-corrected chi connectivity index (χ2v) is 6.99. The minimum Gasteiger partial charge on any atom is -0.358 e. The molecule has 0 unspecified atom stereocenters. The van der Waals surface area contributed by atoms with E-state index in [4.69, 9.17) is 0 Å². The number of nitrogens with one attached hydrogen (secondary N) is 2. The summed E-state index contributed by atoms with van der Waals surface area (Å²) < 4.78 is 38.4. The Morgan fingerprint density at radius 3 is 2.68 bits per heavy atom. The quantitative estimate of drug-likeness (QED) is 0.823. The monoisotopic (exact) mass is 357 g/mol. The lowest BCUT2D eigenvalue weighted by molar-refractivity contribution is -0.137. The number of hydrogen-bond donors (Lipinski definition) is 2. The van der Waals surface area contributed by atoms with E-state index < -0.39 is 11.7 Å². The number of hydrogen-bond acceptors (Lipinski definition) is 3. The number of alkyl halides is 3. The molecule has 0 aromatic heterocycles. The molecule has 1 saturated heterocycles. The standard InChI is InChI=1S/C18H26F3N3O/c1-12(2)10-24-11-15(8-16(24)17(25)22-3)23-9-13-5-4-6-14(7-13)18(19,20)21/h4-7,12,15-16,23H,8-11H2,1-3H3,(H,22,25)/t15-,16+/m1/s1. The van der Waals surface area contributed by atoms with Crippen molar-refractivity contribution in [2.24, 2.45) is 5.92 Å². The van der Waals surface area contributed by atoms with Gasteiger partial charge in [0.1, 0.15) is 0 Å². The Labute approximate surface area is 146 Å². The predicted octanol–water partition coefficient (Wildman–Crippen LogP) is 2.64. The molecule has 0 aliphatic carbocycles. The number of rotatable bonds is 6. The zero-order valence-electron chi connectivity index (χ0n) is 14.9. The fourth-order valence-corrected chi connectivity index (χ4v) is 3.28. The number of likely N-dealkylation sites (N-methyl/N-ethyl adjacent to an activating group) is 1. The molecular weight excluding hydrogens is 331 g/mol. The van der Waals surface area contributed by atoms with Gasteiger partial charge in [-0.1, -0.05) is 32.0 Å². The summed E-state index contributed by atoms with van der Waals surface area (Å²) in [6, 6.07) is 5.24. The summed E-state index contributed by atoms with van der Waals surface area (Å²) in [5, 5.41) is 5.99. The molecule has 2 N–H and O–H groups in total. The van der Waals surface area contributed by atoms with Gasteiger partial charge in [0.25, 0.3) is 0 Å². The van der Waals surface area contributed by atoms with E-state index in [1.807, 2.05) is 0 Å². The third-order valence-electron chi connectivity index (χ3n) is 4.40. The van der Waals surface area contributed by atoms with Gasteiger partial charge in [-0.2, -0.15) is 13.2 Å². The van der Waals surface area contributed by atoms with E-state index in [-0.39, 0.29) is 18.0 Å². The molecule has 0 spiro atoms. The predicted molar refractivity (Wildman–Crippen MR) is 91.0 cm³/mol. The smallest absolute Gasteiger partial charge is 0.358 e. The third kappa shape index (κ3) is 5.44. The van der Waals surface area contributed by atoms with E-state index in [1.165, 1.54) is 12.1 Å². The molecule has 7 heteroatoms. The number of carbonyl (C=O) groups excluding carboxylic acids is 1. The lowest BCUT2D eigenvalue weighted by Gasteiger charge is -2.24. The van der Waals surface area contributed by atoms with Crippen LogP contribution in [0.2, 0.25) is 0 Å². The van der Waals surface area contributed by atoms with Gasteiger partial charge in [-0.25, -0.2) is 0 Å². The summed E-state index contributed by atoms with van der Waals surface area (Å²) in [5.41, 5.74) is -0.0449. The van der Waals surface area contributed by atoms with E-state index in [9.17, 15) is 18.0 Å². The van der Waals surface area contributed by atoms with Crippen LogP contribution in [-0.4, -0.2) is 43.0 Å². The number of benzene rings is 1. The highest BCUT2D eigenvalue weighted by Gasteiger charge is 2.36. The highest BCUT2D eigenvalue weighted by Crippen LogP contribution is 2.29. The number of halogens is 3. The highest BCUT2D eigenvalue weighted by molar-refractivity contribution is 5.81. The molecule has 1 amide bonds. The van der Waals surface area contributed by atoms with Crippen LogP contribution in [0.1, 0.15) is 31.4 Å². The van der Waals surface area contributed by atoms with Crippen LogP contribution in [0.15, 0.2) is 24.3 Å². The molecule has 0 bridgehead atoms. The van der Waals surface area contributed by atoms with Gasteiger partial charge in [0, 0.05) is 32.7 Å². The van der Waals surface area contributed by atoms with Crippen LogP contribution in [0, 0.1) is 5.92 Å². The molecule has 1 aromatic carbocycles. The van der Waals surface area contributed by atoms with Crippen LogP contribution in [0.5, 0.6) is 0 Å². The average Bonchev–Trinajstić information content (AvgIpc) is 2.93. The van der Waals surface area contributed by atoms with Crippen molar-refractivity contribution in [3.05, 3.63) is 35.4 Å². The van der Waals surface area contributed by atoms with Crippen molar-refractivity contribution in [1.82, 2.24) is 15.5 Å². The Kier molecular flexibility index (Phi) is 6.46. The van der Waals surface area contributed by atoms with E-state index in [2.05, 4.69) is 29.4 Å². The summed E-state index contributed by atoms with van der Waals surface area (Å²) in [7, 11) is 1.62. The number of carbonyl (C=O) groups is 1. The van der Waals surface area contributed by atoms with Crippen molar-refractivity contribution >= 4 is 5.91 Å². The van der Waals surface area contributed by atoms with E-state index in [0.717, 1.165) is 19.2 Å². The van der Waals surface area contributed by atoms with Crippen LogP contribution in [0.25, 0.3) is 0 Å².